The molecule has 88 valence electrons. The van der Waals surface area contributed by atoms with E-state index in [-0.39, 0.29) is 0 Å². The predicted octanol–water partition coefficient (Wildman–Crippen LogP) is 3.99. The van der Waals surface area contributed by atoms with E-state index in [4.69, 9.17) is 5.73 Å². The highest BCUT2D eigenvalue weighted by molar-refractivity contribution is 9.13. The topological polar surface area (TPSA) is 43.8 Å². The molecular weight excluding hydrogens is 346 g/mol. The van der Waals surface area contributed by atoms with Gasteiger partial charge in [-0.1, -0.05) is 6.07 Å². The van der Waals surface area contributed by atoms with Crippen LogP contribution < -0.4 is 5.73 Å². The molecule has 1 fully saturated rings. The third-order valence-electron chi connectivity index (χ3n) is 2.97. The molecule has 3 nitrogen and oxygen atoms in total. The maximum Gasteiger partial charge on any atom is 0.131 e. The lowest BCUT2D eigenvalue weighted by molar-refractivity contribution is 0.751. The molecule has 1 aliphatic rings. The number of rotatable bonds is 2. The van der Waals surface area contributed by atoms with Gasteiger partial charge in [-0.15, -0.1) is 0 Å². The van der Waals surface area contributed by atoms with Crippen LogP contribution in [0.5, 0.6) is 0 Å². The molecule has 0 atom stereocenters. The van der Waals surface area contributed by atoms with Crippen molar-refractivity contribution in [3.63, 3.8) is 0 Å². The Kier molecular flexibility index (Phi) is 2.75. The summed E-state index contributed by atoms with van der Waals surface area (Å²) in [7, 11) is 0. The lowest BCUT2D eigenvalue weighted by Gasteiger charge is -2.04. The van der Waals surface area contributed by atoms with Gasteiger partial charge in [0.05, 0.1) is 6.33 Å². The van der Waals surface area contributed by atoms with Gasteiger partial charge in [0.15, 0.2) is 0 Å². The first kappa shape index (κ1) is 11.3. The van der Waals surface area contributed by atoms with Crippen LogP contribution in [0.4, 0.5) is 5.82 Å². The second-order valence-electron chi connectivity index (χ2n) is 4.25. The van der Waals surface area contributed by atoms with E-state index in [2.05, 4.69) is 41.4 Å². The first-order valence-electron chi connectivity index (χ1n) is 5.44. The standard InChI is InChI=1S/C12H11Br2N3/c13-9-4-1-7(5-10(9)14)11-12(15)17(6-16-11)8-2-3-8/h1,4-6,8H,2-3,15H2. The molecule has 1 aromatic carbocycles. The van der Waals surface area contributed by atoms with E-state index in [1.165, 1.54) is 12.8 Å². The van der Waals surface area contributed by atoms with Gasteiger partial charge in [0, 0.05) is 20.6 Å². The molecule has 0 aliphatic heterocycles. The molecule has 5 heteroatoms. The van der Waals surface area contributed by atoms with Gasteiger partial charge in [0.2, 0.25) is 0 Å². The SMILES string of the molecule is Nc1c(-c2ccc(Br)c(Br)c2)ncn1C1CC1. The van der Waals surface area contributed by atoms with Gasteiger partial charge in [0.25, 0.3) is 0 Å². The number of imidazole rings is 1. The first-order valence-corrected chi connectivity index (χ1v) is 7.03. The third-order valence-corrected chi connectivity index (χ3v) is 4.84. The molecule has 0 saturated heterocycles. The molecule has 0 spiro atoms. The highest BCUT2D eigenvalue weighted by atomic mass is 79.9. The van der Waals surface area contributed by atoms with E-state index in [9.17, 15) is 0 Å². The Balaban J connectivity index is 2.05. The van der Waals surface area contributed by atoms with Crippen LogP contribution in [0.15, 0.2) is 33.5 Å². The number of nitrogen functional groups attached to an aromatic ring is 1. The Bertz CT molecular complexity index is 573. The van der Waals surface area contributed by atoms with Crippen LogP contribution in [0.1, 0.15) is 18.9 Å². The Hall–Kier alpha value is -0.810. The van der Waals surface area contributed by atoms with Crippen LogP contribution in [0.25, 0.3) is 11.3 Å². The van der Waals surface area contributed by atoms with Crippen LogP contribution in [0.2, 0.25) is 0 Å². The van der Waals surface area contributed by atoms with Crippen molar-refractivity contribution in [2.24, 2.45) is 0 Å². The summed E-state index contributed by atoms with van der Waals surface area (Å²) >= 11 is 6.95. The summed E-state index contributed by atoms with van der Waals surface area (Å²) in [6.07, 6.45) is 4.27. The average molecular weight is 357 g/mol. The van der Waals surface area contributed by atoms with E-state index >= 15 is 0 Å². The smallest absolute Gasteiger partial charge is 0.131 e. The summed E-state index contributed by atoms with van der Waals surface area (Å²) in [5.41, 5.74) is 8.04. The Labute approximate surface area is 116 Å². The Morgan fingerprint density at radius 1 is 1.24 bits per heavy atom. The minimum Gasteiger partial charge on any atom is -0.383 e. The highest BCUT2D eigenvalue weighted by Crippen LogP contribution is 2.39. The van der Waals surface area contributed by atoms with Gasteiger partial charge in [0.1, 0.15) is 11.5 Å². The van der Waals surface area contributed by atoms with Gasteiger partial charge >= 0.3 is 0 Å². The van der Waals surface area contributed by atoms with Crippen molar-refractivity contribution in [1.29, 1.82) is 0 Å². The van der Waals surface area contributed by atoms with Crippen molar-refractivity contribution in [3.8, 4) is 11.3 Å². The van der Waals surface area contributed by atoms with E-state index in [1.54, 1.807) is 0 Å². The van der Waals surface area contributed by atoms with E-state index in [0.29, 0.717) is 6.04 Å². The number of hydrogen-bond acceptors (Lipinski definition) is 2. The van der Waals surface area contributed by atoms with Crippen molar-refractivity contribution < 1.29 is 0 Å². The van der Waals surface area contributed by atoms with Crippen LogP contribution in [-0.4, -0.2) is 9.55 Å². The minimum absolute atomic E-state index is 0.565. The lowest BCUT2D eigenvalue weighted by Crippen LogP contribution is -1.99. The van der Waals surface area contributed by atoms with Crippen LogP contribution in [0, 0.1) is 0 Å². The number of hydrogen-bond donors (Lipinski definition) is 1. The van der Waals surface area contributed by atoms with Gasteiger partial charge in [-0.05, 0) is 56.8 Å². The summed E-state index contributed by atoms with van der Waals surface area (Å²) in [6.45, 7) is 0. The number of aromatic nitrogens is 2. The van der Waals surface area contributed by atoms with E-state index in [0.717, 1.165) is 26.0 Å². The van der Waals surface area contributed by atoms with Crippen molar-refractivity contribution in [3.05, 3.63) is 33.5 Å². The Morgan fingerprint density at radius 3 is 2.65 bits per heavy atom. The van der Waals surface area contributed by atoms with Crippen LogP contribution in [0.3, 0.4) is 0 Å². The molecule has 2 aromatic rings. The molecule has 1 saturated carbocycles. The molecule has 1 aromatic heterocycles. The molecule has 2 N–H and O–H groups in total. The molecule has 1 aliphatic carbocycles. The lowest BCUT2D eigenvalue weighted by atomic mass is 10.1. The van der Waals surface area contributed by atoms with Crippen molar-refractivity contribution >= 4 is 37.7 Å². The quantitative estimate of drug-likeness (QED) is 0.883. The number of halogens is 2. The summed E-state index contributed by atoms with van der Waals surface area (Å²) in [5.74, 6) is 0.765. The number of benzene rings is 1. The van der Waals surface area contributed by atoms with Gasteiger partial charge < -0.3 is 10.3 Å². The maximum absolute atomic E-state index is 6.14. The normalized spacial score (nSPS) is 15.2. The largest absolute Gasteiger partial charge is 0.383 e. The average Bonchev–Trinajstić information content (AvgIpc) is 3.07. The molecule has 0 amide bonds. The third kappa shape index (κ3) is 2.02. The Morgan fingerprint density at radius 2 is 2.00 bits per heavy atom. The van der Waals surface area contributed by atoms with Crippen LogP contribution in [-0.2, 0) is 0 Å². The monoisotopic (exact) mass is 355 g/mol. The van der Waals surface area contributed by atoms with Crippen molar-refractivity contribution in [2.45, 2.75) is 18.9 Å². The summed E-state index contributed by atoms with van der Waals surface area (Å²) in [4.78, 5) is 4.42. The summed E-state index contributed by atoms with van der Waals surface area (Å²) < 4.78 is 4.11. The zero-order chi connectivity index (χ0) is 12.0. The molecule has 1 heterocycles. The summed E-state index contributed by atoms with van der Waals surface area (Å²) in [5, 5.41) is 0. The predicted molar refractivity (Wildman–Crippen MR) is 75.7 cm³/mol. The zero-order valence-corrected chi connectivity index (χ0v) is 12.2. The van der Waals surface area contributed by atoms with E-state index in [1.807, 2.05) is 24.5 Å². The summed E-state index contributed by atoms with van der Waals surface area (Å²) in [6, 6.07) is 6.61. The fourth-order valence-electron chi connectivity index (χ4n) is 1.88. The van der Waals surface area contributed by atoms with Crippen molar-refractivity contribution in [1.82, 2.24) is 9.55 Å². The second kappa shape index (κ2) is 4.14. The van der Waals surface area contributed by atoms with Crippen LogP contribution >= 0.6 is 31.9 Å². The van der Waals surface area contributed by atoms with Gasteiger partial charge in [-0.2, -0.15) is 0 Å². The fraction of sp³-hybridized carbons (Fsp3) is 0.250. The second-order valence-corrected chi connectivity index (χ2v) is 5.95. The molecular formula is C12H11Br2N3. The van der Waals surface area contributed by atoms with Crippen molar-refractivity contribution in [2.75, 3.05) is 5.73 Å². The highest BCUT2D eigenvalue weighted by Gasteiger charge is 2.26. The first-order chi connectivity index (χ1) is 8.16. The van der Waals surface area contributed by atoms with E-state index < -0.39 is 0 Å². The van der Waals surface area contributed by atoms with Gasteiger partial charge in [-0.3, -0.25) is 0 Å². The number of anilines is 1. The van der Waals surface area contributed by atoms with Gasteiger partial charge in [-0.25, -0.2) is 4.98 Å². The number of nitrogens with two attached hydrogens (primary N) is 1. The molecule has 0 radical (unpaired) electrons. The molecule has 0 unspecified atom stereocenters. The molecule has 17 heavy (non-hydrogen) atoms. The minimum atomic E-state index is 0.565. The molecule has 3 rings (SSSR count). The fourth-order valence-corrected chi connectivity index (χ4v) is 2.51. The number of nitrogens with zero attached hydrogens (tertiary/aromatic N) is 2. The molecule has 0 bridgehead atoms. The maximum atomic E-state index is 6.14. The zero-order valence-electron chi connectivity index (χ0n) is 9.03.